The Bertz CT molecular complexity index is 526. The van der Waals surface area contributed by atoms with Crippen molar-refractivity contribution in [1.82, 2.24) is 0 Å². The third-order valence-corrected chi connectivity index (χ3v) is 3.22. The molecule has 0 radical (unpaired) electrons. The van der Waals surface area contributed by atoms with Crippen molar-refractivity contribution in [2.24, 2.45) is 0 Å². The number of rotatable bonds is 4. The molecule has 2 aromatic rings. The molecule has 1 N–H and O–H groups in total. The minimum atomic E-state index is 0.602. The van der Waals surface area contributed by atoms with Gasteiger partial charge in [-0.3, -0.25) is 0 Å². The van der Waals surface area contributed by atoms with E-state index in [9.17, 15) is 0 Å². The van der Waals surface area contributed by atoms with Crippen molar-refractivity contribution in [3.05, 3.63) is 58.1 Å². The molecule has 0 fully saturated rings. The number of nitrogens with one attached hydrogen (secondary N) is 1. The molecule has 0 aromatic heterocycles. The van der Waals surface area contributed by atoms with Crippen molar-refractivity contribution < 1.29 is 4.74 Å². The van der Waals surface area contributed by atoms with Gasteiger partial charge in [-0.25, -0.2) is 0 Å². The van der Waals surface area contributed by atoms with E-state index in [0.717, 1.165) is 22.0 Å². The van der Waals surface area contributed by atoms with E-state index in [0.29, 0.717) is 11.6 Å². The zero-order valence-corrected chi connectivity index (χ0v) is 11.4. The molecule has 0 aliphatic carbocycles. The van der Waals surface area contributed by atoms with E-state index in [2.05, 4.69) is 5.32 Å². The quantitative estimate of drug-likeness (QED) is 0.883. The largest absolute Gasteiger partial charge is 0.496 e. The number of benzene rings is 2. The van der Waals surface area contributed by atoms with Crippen molar-refractivity contribution in [2.45, 2.75) is 6.54 Å². The molecule has 0 amide bonds. The Morgan fingerprint density at radius 3 is 2.44 bits per heavy atom. The predicted molar refractivity (Wildman–Crippen MR) is 76.8 cm³/mol. The molecule has 18 heavy (non-hydrogen) atoms. The van der Waals surface area contributed by atoms with Gasteiger partial charge in [-0.1, -0.05) is 29.3 Å². The minimum absolute atomic E-state index is 0.602. The Kier molecular flexibility index (Phi) is 4.34. The molecule has 2 nitrogen and oxygen atoms in total. The number of anilines is 1. The van der Waals surface area contributed by atoms with Crippen molar-refractivity contribution in [3.63, 3.8) is 0 Å². The molecule has 0 atom stereocenters. The van der Waals surface area contributed by atoms with Gasteiger partial charge in [0.2, 0.25) is 0 Å². The summed E-state index contributed by atoms with van der Waals surface area (Å²) in [4.78, 5) is 0. The van der Waals surface area contributed by atoms with Crippen molar-refractivity contribution in [3.8, 4) is 5.75 Å². The Hall–Kier alpha value is -1.38. The molecule has 0 saturated heterocycles. The maximum Gasteiger partial charge on any atom is 0.125 e. The van der Waals surface area contributed by atoms with Gasteiger partial charge in [0.15, 0.2) is 0 Å². The van der Waals surface area contributed by atoms with Crippen LogP contribution in [0.3, 0.4) is 0 Å². The van der Waals surface area contributed by atoms with Crippen molar-refractivity contribution >= 4 is 28.9 Å². The lowest BCUT2D eigenvalue weighted by Gasteiger charge is -2.12. The van der Waals surface area contributed by atoms with Gasteiger partial charge in [0.05, 0.1) is 7.11 Å². The van der Waals surface area contributed by atoms with Crippen LogP contribution >= 0.6 is 23.2 Å². The first-order valence-corrected chi connectivity index (χ1v) is 6.27. The van der Waals surface area contributed by atoms with Crippen molar-refractivity contribution in [2.75, 3.05) is 12.4 Å². The summed E-state index contributed by atoms with van der Waals surface area (Å²) < 4.78 is 5.29. The van der Waals surface area contributed by atoms with Gasteiger partial charge in [0, 0.05) is 27.8 Å². The standard InChI is InChI=1S/C14H13Cl2NO/c1-18-14-4-2-3-13(16)12(14)9-17-11-7-5-10(15)6-8-11/h2-8,17H,9H2,1H3. The summed E-state index contributed by atoms with van der Waals surface area (Å²) in [5, 5.41) is 4.69. The SMILES string of the molecule is COc1cccc(Cl)c1CNc1ccc(Cl)cc1. The second-order valence-electron chi connectivity index (χ2n) is 3.78. The summed E-state index contributed by atoms with van der Waals surface area (Å²) >= 11 is 12.0. The lowest BCUT2D eigenvalue weighted by molar-refractivity contribution is 0.410. The summed E-state index contributed by atoms with van der Waals surface area (Å²) in [6.07, 6.45) is 0. The van der Waals surface area contributed by atoms with E-state index < -0.39 is 0 Å². The molecule has 94 valence electrons. The van der Waals surface area contributed by atoms with Crippen LogP contribution in [0.5, 0.6) is 5.75 Å². The van der Waals surface area contributed by atoms with Gasteiger partial charge in [-0.05, 0) is 36.4 Å². The maximum atomic E-state index is 6.16. The summed E-state index contributed by atoms with van der Waals surface area (Å²) in [5.41, 5.74) is 1.93. The minimum Gasteiger partial charge on any atom is -0.496 e. The fourth-order valence-electron chi connectivity index (χ4n) is 1.66. The van der Waals surface area contributed by atoms with E-state index >= 15 is 0 Å². The lowest BCUT2D eigenvalue weighted by Crippen LogP contribution is -2.02. The second kappa shape index (κ2) is 5.98. The molecular weight excluding hydrogens is 269 g/mol. The van der Waals surface area contributed by atoms with Gasteiger partial charge in [0.1, 0.15) is 5.75 Å². The fraction of sp³-hybridized carbons (Fsp3) is 0.143. The van der Waals surface area contributed by atoms with E-state index in [1.54, 1.807) is 7.11 Å². The molecule has 0 heterocycles. The summed E-state index contributed by atoms with van der Waals surface area (Å²) in [5.74, 6) is 0.781. The van der Waals surface area contributed by atoms with Crippen LogP contribution in [-0.2, 0) is 6.54 Å². The lowest BCUT2D eigenvalue weighted by atomic mass is 10.2. The third-order valence-electron chi connectivity index (χ3n) is 2.61. The Morgan fingerprint density at radius 1 is 1.06 bits per heavy atom. The van der Waals surface area contributed by atoms with Crippen LogP contribution in [-0.4, -0.2) is 7.11 Å². The van der Waals surface area contributed by atoms with E-state index in [-0.39, 0.29) is 0 Å². The molecule has 0 unspecified atom stereocenters. The number of methoxy groups -OCH3 is 1. The van der Waals surface area contributed by atoms with Crippen LogP contribution in [0, 0.1) is 0 Å². The van der Waals surface area contributed by atoms with Crippen molar-refractivity contribution in [1.29, 1.82) is 0 Å². The van der Waals surface area contributed by atoms with E-state index in [1.807, 2.05) is 42.5 Å². The molecule has 0 aliphatic heterocycles. The van der Waals surface area contributed by atoms with Gasteiger partial charge in [0.25, 0.3) is 0 Å². The summed E-state index contributed by atoms with van der Waals surface area (Å²) in [6, 6.07) is 13.1. The highest BCUT2D eigenvalue weighted by Crippen LogP contribution is 2.27. The van der Waals surface area contributed by atoms with Crippen LogP contribution < -0.4 is 10.1 Å². The zero-order chi connectivity index (χ0) is 13.0. The second-order valence-corrected chi connectivity index (χ2v) is 4.62. The first-order chi connectivity index (χ1) is 8.70. The summed E-state index contributed by atoms with van der Waals surface area (Å²) in [6.45, 7) is 0.602. The normalized spacial score (nSPS) is 10.2. The Labute approximate surface area is 116 Å². The van der Waals surface area contributed by atoms with Gasteiger partial charge < -0.3 is 10.1 Å². The molecule has 2 aromatic carbocycles. The summed E-state index contributed by atoms with van der Waals surface area (Å²) in [7, 11) is 1.64. The molecule has 0 bridgehead atoms. The average molecular weight is 282 g/mol. The Morgan fingerprint density at radius 2 is 1.78 bits per heavy atom. The van der Waals surface area contributed by atoms with E-state index in [4.69, 9.17) is 27.9 Å². The number of ether oxygens (including phenoxy) is 1. The third kappa shape index (κ3) is 3.09. The fourth-order valence-corrected chi connectivity index (χ4v) is 2.02. The highest BCUT2D eigenvalue weighted by Gasteiger charge is 2.06. The van der Waals surface area contributed by atoms with Crippen LogP contribution in [0.15, 0.2) is 42.5 Å². The maximum absolute atomic E-state index is 6.16. The monoisotopic (exact) mass is 281 g/mol. The van der Waals surface area contributed by atoms with Gasteiger partial charge >= 0.3 is 0 Å². The molecule has 0 saturated carbocycles. The molecule has 0 aliphatic rings. The van der Waals surface area contributed by atoms with Crippen LogP contribution in [0.4, 0.5) is 5.69 Å². The highest BCUT2D eigenvalue weighted by molar-refractivity contribution is 6.31. The molecule has 4 heteroatoms. The molecular formula is C14H13Cl2NO. The topological polar surface area (TPSA) is 21.3 Å². The predicted octanol–water partition coefficient (Wildman–Crippen LogP) is 4.61. The Balaban J connectivity index is 2.12. The van der Waals surface area contributed by atoms with Crippen LogP contribution in [0.25, 0.3) is 0 Å². The van der Waals surface area contributed by atoms with Crippen LogP contribution in [0.2, 0.25) is 10.0 Å². The first-order valence-electron chi connectivity index (χ1n) is 5.51. The first kappa shape index (κ1) is 13.1. The van der Waals surface area contributed by atoms with E-state index in [1.165, 1.54) is 0 Å². The highest BCUT2D eigenvalue weighted by atomic mass is 35.5. The van der Waals surface area contributed by atoms with Crippen LogP contribution in [0.1, 0.15) is 5.56 Å². The zero-order valence-electron chi connectivity index (χ0n) is 9.91. The number of hydrogen-bond acceptors (Lipinski definition) is 2. The number of hydrogen-bond donors (Lipinski definition) is 1. The molecule has 2 rings (SSSR count). The number of halogens is 2. The molecule has 0 spiro atoms. The smallest absolute Gasteiger partial charge is 0.125 e. The average Bonchev–Trinajstić information content (AvgIpc) is 2.39. The van der Waals surface area contributed by atoms with Gasteiger partial charge in [-0.2, -0.15) is 0 Å². The van der Waals surface area contributed by atoms with Gasteiger partial charge in [-0.15, -0.1) is 0 Å².